The van der Waals surface area contributed by atoms with Crippen molar-refractivity contribution < 1.29 is 18.8 Å². The number of hydrogen-bond acceptors (Lipinski definition) is 6. The van der Waals surface area contributed by atoms with E-state index in [2.05, 4.69) is 22.6 Å². The van der Waals surface area contributed by atoms with E-state index < -0.39 is 0 Å². The van der Waals surface area contributed by atoms with Crippen LogP contribution in [-0.2, 0) is 4.79 Å². The molecule has 158 valence electrons. The fourth-order valence-electron chi connectivity index (χ4n) is 4.81. The van der Waals surface area contributed by atoms with Crippen LogP contribution in [0.25, 0.3) is 0 Å². The van der Waals surface area contributed by atoms with Gasteiger partial charge in [0.1, 0.15) is 11.5 Å². The van der Waals surface area contributed by atoms with Crippen molar-refractivity contribution in [3.8, 4) is 11.5 Å². The largest absolute Gasteiger partial charge is 0.497 e. The molecule has 0 radical (unpaired) electrons. The van der Waals surface area contributed by atoms with Crippen molar-refractivity contribution in [2.75, 3.05) is 19.5 Å². The third-order valence-corrected chi connectivity index (χ3v) is 6.28. The maximum absolute atomic E-state index is 13.6. The Hall–Kier alpha value is -3.54. The molecule has 2 aromatic carbocycles. The summed E-state index contributed by atoms with van der Waals surface area (Å²) in [6.07, 6.45) is 1.19. The van der Waals surface area contributed by atoms with Gasteiger partial charge in [0.2, 0.25) is 5.88 Å². The molecule has 1 aliphatic carbocycles. The standard InChI is InChI=1S/C25H24N2O4/c1-14-22-23(18-13-17(29-2)9-10-21(18)30-3)24-19(26-25(22)31-27-14)11-16(12-20(24)28)15-7-5-4-6-8-15/h4-10,13,16,23,26H,11-12H2,1-3H3/t16-,23-/m1/s1. The average Bonchev–Trinajstić information content (AvgIpc) is 3.18. The summed E-state index contributed by atoms with van der Waals surface area (Å²) in [6, 6.07) is 15.9. The van der Waals surface area contributed by atoms with Crippen LogP contribution >= 0.6 is 0 Å². The molecule has 0 fully saturated rings. The topological polar surface area (TPSA) is 73.6 Å². The van der Waals surface area contributed by atoms with E-state index in [1.807, 2.05) is 43.3 Å². The molecule has 1 aliphatic heterocycles. The maximum Gasteiger partial charge on any atom is 0.233 e. The zero-order valence-corrected chi connectivity index (χ0v) is 17.8. The Morgan fingerprint density at radius 1 is 1.06 bits per heavy atom. The van der Waals surface area contributed by atoms with Crippen molar-refractivity contribution in [2.45, 2.75) is 31.6 Å². The second kappa shape index (κ2) is 7.61. The molecular weight excluding hydrogens is 392 g/mol. The lowest BCUT2D eigenvalue weighted by Crippen LogP contribution is -2.29. The lowest BCUT2D eigenvalue weighted by atomic mass is 9.72. The first kappa shape index (κ1) is 19.4. The van der Waals surface area contributed by atoms with Crippen LogP contribution in [0, 0.1) is 6.92 Å². The van der Waals surface area contributed by atoms with E-state index in [0.29, 0.717) is 23.8 Å². The zero-order valence-electron chi connectivity index (χ0n) is 17.8. The number of fused-ring (bicyclic) bond motifs is 1. The molecule has 1 aromatic heterocycles. The number of carbonyl (C=O) groups excluding carboxylic acids is 1. The Kier molecular flexibility index (Phi) is 4.77. The molecule has 0 spiro atoms. The first-order valence-corrected chi connectivity index (χ1v) is 10.4. The molecule has 31 heavy (non-hydrogen) atoms. The number of benzene rings is 2. The van der Waals surface area contributed by atoms with E-state index >= 15 is 0 Å². The van der Waals surface area contributed by atoms with Crippen molar-refractivity contribution in [1.29, 1.82) is 0 Å². The number of carbonyl (C=O) groups is 1. The minimum atomic E-state index is -0.327. The molecular formula is C25H24N2O4. The molecule has 5 rings (SSSR count). The molecule has 6 nitrogen and oxygen atoms in total. The van der Waals surface area contributed by atoms with Gasteiger partial charge in [-0.1, -0.05) is 35.5 Å². The SMILES string of the molecule is COc1ccc(OC)c([C@H]2C3=C(C[C@@H](c4ccccc4)CC3=O)Nc3onc(C)c32)c1. The highest BCUT2D eigenvalue weighted by molar-refractivity contribution is 6.01. The number of anilines is 1. The van der Waals surface area contributed by atoms with Gasteiger partial charge in [-0.25, -0.2) is 0 Å². The number of rotatable bonds is 4. The van der Waals surface area contributed by atoms with E-state index in [9.17, 15) is 4.79 Å². The third-order valence-electron chi connectivity index (χ3n) is 6.28. The Morgan fingerprint density at radius 2 is 1.87 bits per heavy atom. The minimum absolute atomic E-state index is 0.123. The van der Waals surface area contributed by atoms with Crippen LogP contribution in [-0.4, -0.2) is 25.2 Å². The second-order valence-corrected chi connectivity index (χ2v) is 8.01. The van der Waals surface area contributed by atoms with Crippen LogP contribution in [0.1, 0.15) is 47.1 Å². The lowest BCUT2D eigenvalue weighted by Gasteiger charge is -2.35. The van der Waals surface area contributed by atoms with E-state index in [1.54, 1.807) is 14.2 Å². The van der Waals surface area contributed by atoms with Crippen LogP contribution in [0.2, 0.25) is 0 Å². The van der Waals surface area contributed by atoms with Crippen molar-refractivity contribution in [3.05, 3.63) is 82.2 Å². The molecule has 6 heteroatoms. The number of methoxy groups -OCH3 is 2. The van der Waals surface area contributed by atoms with Crippen molar-refractivity contribution in [1.82, 2.24) is 5.16 Å². The van der Waals surface area contributed by atoms with Gasteiger partial charge in [-0.05, 0) is 43.0 Å². The van der Waals surface area contributed by atoms with E-state index in [1.165, 1.54) is 5.56 Å². The van der Waals surface area contributed by atoms with Crippen LogP contribution in [0.5, 0.6) is 11.5 Å². The predicted octanol–water partition coefficient (Wildman–Crippen LogP) is 4.96. The highest BCUT2D eigenvalue weighted by Gasteiger charge is 2.42. The number of aryl methyl sites for hydroxylation is 1. The first-order chi connectivity index (χ1) is 15.1. The smallest absolute Gasteiger partial charge is 0.233 e. The molecule has 0 amide bonds. The van der Waals surface area contributed by atoms with Gasteiger partial charge in [0.15, 0.2) is 5.78 Å². The van der Waals surface area contributed by atoms with E-state index in [-0.39, 0.29) is 17.6 Å². The summed E-state index contributed by atoms with van der Waals surface area (Å²) in [7, 11) is 3.27. The van der Waals surface area contributed by atoms with Crippen molar-refractivity contribution >= 4 is 11.7 Å². The number of nitrogens with one attached hydrogen (secondary N) is 1. The Bertz CT molecular complexity index is 1180. The van der Waals surface area contributed by atoms with E-state index in [4.69, 9.17) is 14.0 Å². The lowest BCUT2D eigenvalue weighted by molar-refractivity contribution is -0.116. The average molecular weight is 416 g/mol. The van der Waals surface area contributed by atoms with Crippen LogP contribution < -0.4 is 14.8 Å². The van der Waals surface area contributed by atoms with Gasteiger partial charge in [-0.3, -0.25) is 4.79 Å². The summed E-state index contributed by atoms with van der Waals surface area (Å²) < 4.78 is 16.8. The van der Waals surface area contributed by atoms with Gasteiger partial charge in [-0.2, -0.15) is 0 Å². The molecule has 3 aromatic rings. The van der Waals surface area contributed by atoms with Gasteiger partial charge >= 0.3 is 0 Å². The number of nitrogens with zero attached hydrogens (tertiary/aromatic N) is 1. The summed E-state index contributed by atoms with van der Waals surface area (Å²) in [5, 5.41) is 7.56. The fourth-order valence-corrected chi connectivity index (χ4v) is 4.81. The van der Waals surface area contributed by atoms with Gasteiger partial charge in [0.05, 0.1) is 31.4 Å². The van der Waals surface area contributed by atoms with Gasteiger partial charge in [0, 0.05) is 23.3 Å². The minimum Gasteiger partial charge on any atom is -0.497 e. The predicted molar refractivity (Wildman–Crippen MR) is 117 cm³/mol. The first-order valence-electron chi connectivity index (χ1n) is 10.4. The molecule has 2 heterocycles. The molecule has 0 saturated carbocycles. The Morgan fingerprint density at radius 3 is 2.61 bits per heavy atom. The summed E-state index contributed by atoms with van der Waals surface area (Å²) in [4.78, 5) is 13.6. The summed E-state index contributed by atoms with van der Waals surface area (Å²) in [5.74, 6) is 1.92. The highest BCUT2D eigenvalue weighted by atomic mass is 16.5. The monoisotopic (exact) mass is 416 g/mol. The number of hydrogen-bond donors (Lipinski definition) is 1. The van der Waals surface area contributed by atoms with Gasteiger partial charge < -0.3 is 19.3 Å². The second-order valence-electron chi connectivity index (χ2n) is 8.01. The molecule has 0 bridgehead atoms. The molecule has 2 atom stereocenters. The Labute approximate surface area is 180 Å². The van der Waals surface area contributed by atoms with Crippen LogP contribution in [0.3, 0.4) is 0 Å². The molecule has 1 N–H and O–H groups in total. The van der Waals surface area contributed by atoms with Crippen molar-refractivity contribution in [2.24, 2.45) is 0 Å². The summed E-state index contributed by atoms with van der Waals surface area (Å²) in [6.45, 7) is 1.90. The maximum atomic E-state index is 13.6. The van der Waals surface area contributed by atoms with Gasteiger partial charge in [0.25, 0.3) is 0 Å². The summed E-state index contributed by atoms with van der Waals surface area (Å²) in [5.41, 5.74) is 5.31. The fraction of sp³-hybridized carbons (Fsp3) is 0.280. The van der Waals surface area contributed by atoms with Crippen molar-refractivity contribution in [3.63, 3.8) is 0 Å². The number of Topliss-reactive ketones (excluding diaryl/α,β-unsaturated/α-hetero) is 1. The summed E-state index contributed by atoms with van der Waals surface area (Å²) >= 11 is 0. The third kappa shape index (κ3) is 3.19. The van der Waals surface area contributed by atoms with Crippen LogP contribution in [0.15, 0.2) is 64.3 Å². The van der Waals surface area contributed by atoms with E-state index in [0.717, 1.165) is 34.5 Å². The van der Waals surface area contributed by atoms with Crippen LogP contribution in [0.4, 0.5) is 5.88 Å². The number of aromatic nitrogens is 1. The normalized spacial score (nSPS) is 20.0. The number of ketones is 1. The quantitative estimate of drug-likeness (QED) is 0.648. The molecule has 0 unspecified atom stereocenters. The molecule has 0 saturated heterocycles. The molecule has 2 aliphatic rings. The number of allylic oxidation sites excluding steroid dienone is 2. The highest BCUT2D eigenvalue weighted by Crippen LogP contribution is 2.51. The Balaban J connectivity index is 1.67. The van der Waals surface area contributed by atoms with Gasteiger partial charge in [-0.15, -0.1) is 0 Å². The zero-order chi connectivity index (χ0) is 21.5. The number of ether oxygens (including phenoxy) is 2.